The van der Waals surface area contributed by atoms with E-state index < -0.39 is 0 Å². The fraction of sp³-hybridized carbons (Fsp3) is 0.923. The number of likely N-dealkylation sites (N-methyl/N-ethyl adjacent to an activating group) is 1. The lowest BCUT2D eigenvalue weighted by molar-refractivity contribution is -0.161. The van der Waals surface area contributed by atoms with Crippen molar-refractivity contribution in [3.05, 3.63) is 0 Å². The largest absolute Gasteiger partial charge is 0.358 e. The van der Waals surface area contributed by atoms with E-state index in [0.717, 1.165) is 19.4 Å². The van der Waals surface area contributed by atoms with Crippen LogP contribution in [-0.4, -0.2) is 45.0 Å². The van der Waals surface area contributed by atoms with E-state index in [1.165, 1.54) is 6.42 Å². The van der Waals surface area contributed by atoms with Crippen LogP contribution in [0.2, 0.25) is 0 Å². The Kier molecular flexibility index (Phi) is 7.23. The third-order valence-electron chi connectivity index (χ3n) is 3.10. The Bertz CT molecular complexity index is 240. The van der Waals surface area contributed by atoms with Gasteiger partial charge in [0.2, 0.25) is 5.91 Å². The zero-order chi connectivity index (χ0) is 13.4. The lowest BCUT2D eigenvalue weighted by Gasteiger charge is -2.24. The van der Waals surface area contributed by atoms with Gasteiger partial charge in [-0.05, 0) is 25.2 Å². The summed E-state index contributed by atoms with van der Waals surface area (Å²) in [4.78, 5) is 11.6. The Morgan fingerprint density at radius 3 is 2.78 bits per heavy atom. The average molecular weight is 258 g/mol. The first-order valence-corrected chi connectivity index (χ1v) is 6.83. The first-order valence-electron chi connectivity index (χ1n) is 6.83. The van der Waals surface area contributed by atoms with E-state index in [-0.39, 0.29) is 24.2 Å². The highest BCUT2D eigenvalue weighted by molar-refractivity contribution is 5.81. The van der Waals surface area contributed by atoms with Gasteiger partial charge in [0.05, 0.1) is 12.6 Å². The molecule has 2 N–H and O–H groups in total. The monoisotopic (exact) mass is 258 g/mol. The van der Waals surface area contributed by atoms with Gasteiger partial charge in [-0.25, -0.2) is 0 Å². The Morgan fingerprint density at radius 1 is 1.44 bits per heavy atom. The molecule has 106 valence electrons. The molecule has 1 fully saturated rings. The van der Waals surface area contributed by atoms with Crippen LogP contribution in [0.25, 0.3) is 0 Å². The van der Waals surface area contributed by atoms with Gasteiger partial charge in [0.1, 0.15) is 0 Å². The molecule has 1 heterocycles. The average Bonchev–Trinajstić information content (AvgIpc) is 2.38. The highest BCUT2D eigenvalue weighted by Crippen LogP contribution is 2.13. The first-order chi connectivity index (χ1) is 8.65. The van der Waals surface area contributed by atoms with E-state index in [2.05, 4.69) is 10.6 Å². The normalized spacial score (nSPS) is 21.9. The number of carbonyl (C=O) groups is 1. The zero-order valence-electron chi connectivity index (χ0n) is 11.7. The number of ether oxygens (including phenoxy) is 2. The van der Waals surface area contributed by atoms with Crippen LogP contribution >= 0.6 is 0 Å². The van der Waals surface area contributed by atoms with Gasteiger partial charge in [0.15, 0.2) is 6.29 Å². The molecule has 0 aromatic rings. The van der Waals surface area contributed by atoms with Crippen molar-refractivity contribution < 1.29 is 14.3 Å². The molecule has 0 spiro atoms. The van der Waals surface area contributed by atoms with E-state index in [1.807, 2.05) is 13.8 Å². The Labute approximate surface area is 110 Å². The van der Waals surface area contributed by atoms with Crippen LogP contribution in [0.4, 0.5) is 0 Å². The second kappa shape index (κ2) is 8.45. The molecule has 1 aliphatic rings. The predicted octanol–water partition coefficient (Wildman–Crippen LogP) is 0.890. The Morgan fingerprint density at radius 2 is 2.22 bits per heavy atom. The molecule has 5 heteroatoms. The van der Waals surface area contributed by atoms with Gasteiger partial charge in [-0.15, -0.1) is 0 Å². The molecule has 18 heavy (non-hydrogen) atoms. The van der Waals surface area contributed by atoms with Crippen LogP contribution in [0.3, 0.4) is 0 Å². The number of nitrogens with one attached hydrogen (secondary N) is 2. The lowest BCUT2D eigenvalue weighted by atomic mass is 10.0. The lowest BCUT2D eigenvalue weighted by Crippen LogP contribution is -2.47. The van der Waals surface area contributed by atoms with E-state index in [0.29, 0.717) is 13.2 Å². The van der Waals surface area contributed by atoms with Crippen molar-refractivity contribution in [1.29, 1.82) is 0 Å². The predicted molar refractivity (Wildman–Crippen MR) is 70.2 cm³/mol. The second-order valence-corrected chi connectivity index (χ2v) is 4.96. The third kappa shape index (κ3) is 5.33. The van der Waals surface area contributed by atoms with Crippen molar-refractivity contribution in [1.82, 2.24) is 10.6 Å². The fourth-order valence-electron chi connectivity index (χ4n) is 2.03. The molecule has 0 aromatic heterocycles. The van der Waals surface area contributed by atoms with Gasteiger partial charge >= 0.3 is 0 Å². The topological polar surface area (TPSA) is 59.6 Å². The molecule has 1 aliphatic heterocycles. The van der Waals surface area contributed by atoms with Gasteiger partial charge in [-0.2, -0.15) is 0 Å². The molecule has 5 nitrogen and oxygen atoms in total. The smallest absolute Gasteiger partial charge is 0.237 e. The molecule has 0 bridgehead atoms. The molecule has 0 radical (unpaired) electrons. The molecule has 0 aliphatic carbocycles. The fourth-order valence-corrected chi connectivity index (χ4v) is 2.03. The maximum Gasteiger partial charge on any atom is 0.237 e. The van der Waals surface area contributed by atoms with E-state index in [4.69, 9.17) is 9.47 Å². The van der Waals surface area contributed by atoms with Gasteiger partial charge in [0, 0.05) is 20.2 Å². The summed E-state index contributed by atoms with van der Waals surface area (Å²) in [6, 6.07) is -0.161. The van der Waals surface area contributed by atoms with Crippen LogP contribution in [0.5, 0.6) is 0 Å². The second-order valence-electron chi connectivity index (χ2n) is 4.96. The summed E-state index contributed by atoms with van der Waals surface area (Å²) >= 11 is 0. The number of hydrogen-bond acceptors (Lipinski definition) is 4. The maximum atomic E-state index is 11.6. The molecule has 2 atom stereocenters. The molecule has 0 aromatic carbocycles. The Hall–Kier alpha value is -0.650. The van der Waals surface area contributed by atoms with Crippen LogP contribution in [-0.2, 0) is 14.3 Å². The molecule has 0 saturated carbocycles. The van der Waals surface area contributed by atoms with E-state index >= 15 is 0 Å². The minimum absolute atomic E-state index is 0.0268. The van der Waals surface area contributed by atoms with Gasteiger partial charge in [-0.1, -0.05) is 13.8 Å². The minimum Gasteiger partial charge on any atom is -0.358 e. The van der Waals surface area contributed by atoms with Crippen molar-refractivity contribution in [3.8, 4) is 0 Å². The summed E-state index contributed by atoms with van der Waals surface area (Å²) in [6.07, 6.45) is 3.22. The first kappa shape index (κ1) is 15.4. The van der Waals surface area contributed by atoms with Crippen LogP contribution in [0.15, 0.2) is 0 Å². The molecule has 1 saturated heterocycles. The van der Waals surface area contributed by atoms with Crippen LogP contribution in [0, 0.1) is 5.92 Å². The highest BCUT2D eigenvalue weighted by atomic mass is 16.7. The summed E-state index contributed by atoms with van der Waals surface area (Å²) in [5, 5.41) is 5.89. The van der Waals surface area contributed by atoms with Crippen LogP contribution < -0.4 is 10.6 Å². The summed E-state index contributed by atoms with van der Waals surface area (Å²) < 4.78 is 11.1. The summed E-state index contributed by atoms with van der Waals surface area (Å²) in [7, 11) is 1.66. The number of hydrogen-bond donors (Lipinski definition) is 2. The molecule has 1 rings (SSSR count). The van der Waals surface area contributed by atoms with Crippen molar-refractivity contribution in [2.75, 3.05) is 26.8 Å². The van der Waals surface area contributed by atoms with E-state index in [1.54, 1.807) is 7.05 Å². The van der Waals surface area contributed by atoms with Gasteiger partial charge in [0.25, 0.3) is 0 Å². The van der Waals surface area contributed by atoms with Crippen molar-refractivity contribution in [3.63, 3.8) is 0 Å². The third-order valence-corrected chi connectivity index (χ3v) is 3.10. The van der Waals surface area contributed by atoms with Crippen molar-refractivity contribution in [2.45, 2.75) is 45.4 Å². The standard InChI is InChI=1S/C13H26N2O3/c1-10(2)12(13(16)14-3)15-7-9-18-11-6-4-5-8-17-11/h10-12,15H,4-9H2,1-3H3,(H,14,16)/t11-,12-/m1/s1. The van der Waals surface area contributed by atoms with Crippen molar-refractivity contribution >= 4 is 5.91 Å². The number of rotatable bonds is 7. The zero-order valence-corrected chi connectivity index (χ0v) is 11.7. The molecule has 0 unspecified atom stereocenters. The molecule has 1 amide bonds. The Balaban J connectivity index is 2.16. The van der Waals surface area contributed by atoms with Crippen LogP contribution in [0.1, 0.15) is 33.1 Å². The van der Waals surface area contributed by atoms with Gasteiger partial charge < -0.3 is 20.1 Å². The minimum atomic E-state index is -0.161. The maximum absolute atomic E-state index is 11.6. The highest BCUT2D eigenvalue weighted by Gasteiger charge is 2.20. The molecular weight excluding hydrogens is 232 g/mol. The molecular formula is C13H26N2O3. The quantitative estimate of drug-likeness (QED) is 0.666. The van der Waals surface area contributed by atoms with Gasteiger partial charge in [-0.3, -0.25) is 4.79 Å². The summed E-state index contributed by atoms with van der Waals surface area (Å²) in [6.45, 7) is 6.09. The summed E-state index contributed by atoms with van der Waals surface area (Å²) in [5.41, 5.74) is 0. The SMILES string of the molecule is CNC(=O)[C@H](NCCO[C@@H]1CCCCO1)C(C)C. The summed E-state index contributed by atoms with van der Waals surface area (Å²) in [5.74, 6) is 0.287. The number of carbonyl (C=O) groups excluding carboxylic acids is 1. The van der Waals surface area contributed by atoms with Crippen molar-refractivity contribution in [2.24, 2.45) is 5.92 Å². The van der Waals surface area contributed by atoms with E-state index in [9.17, 15) is 4.79 Å². The number of amides is 1.